The Morgan fingerprint density at radius 2 is 2.33 bits per heavy atom. The molecular formula is C16H18N4O. The zero-order valence-electron chi connectivity index (χ0n) is 12.0. The van der Waals surface area contributed by atoms with Crippen LogP contribution in [0.5, 0.6) is 0 Å². The summed E-state index contributed by atoms with van der Waals surface area (Å²) in [7, 11) is 0. The molecule has 1 atom stereocenters. The number of pyridine rings is 1. The monoisotopic (exact) mass is 282 g/mol. The summed E-state index contributed by atoms with van der Waals surface area (Å²) < 4.78 is 0. The van der Waals surface area contributed by atoms with Gasteiger partial charge in [-0.3, -0.25) is 9.78 Å². The lowest BCUT2D eigenvalue weighted by molar-refractivity contribution is -0.121. The minimum Gasteiger partial charge on any atom is -0.349 e. The Kier molecular flexibility index (Phi) is 3.90. The van der Waals surface area contributed by atoms with Crippen molar-refractivity contribution >= 4 is 5.91 Å². The number of amides is 1. The molecule has 1 amide bonds. The highest BCUT2D eigenvalue weighted by molar-refractivity contribution is 5.76. The fraction of sp³-hybridized carbons (Fsp3) is 0.375. The van der Waals surface area contributed by atoms with Gasteiger partial charge in [-0.2, -0.15) is 0 Å². The van der Waals surface area contributed by atoms with Crippen molar-refractivity contribution in [2.75, 3.05) is 0 Å². The van der Waals surface area contributed by atoms with Crippen LogP contribution >= 0.6 is 0 Å². The molecule has 0 bridgehead atoms. The van der Waals surface area contributed by atoms with E-state index < -0.39 is 0 Å². The lowest BCUT2D eigenvalue weighted by atomic mass is 9.92. The average molecular weight is 282 g/mol. The number of nitrogens with one attached hydrogen (secondary N) is 1. The molecule has 0 saturated carbocycles. The molecule has 0 aliphatic heterocycles. The zero-order chi connectivity index (χ0) is 14.7. The number of carbonyl (C=O) groups excluding carboxylic acids is 1. The van der Waals surface area contributed by atoms with Crippen LogP contribution in [0.1, 0.15) is 43.5 Å². The second-order valence-corrected chi connectivity index (χ2v) is 5.20. The van der Waals surface area contributed by atoms with Crippen molar-refractivity contribution in [2.24, 2.45) is 0 Å². The highest BCUT2D eigenvalue weighted by Crippen LogP contribution is 2.29. The minimum atomic E-state index is 0.0455. The Morgan fingerprint density at radius 3 is 3.10 bits per heavy atom. The maximum absolute atomic E-state index is 11.6. The predicted octanol–water partition coefficient (Wildman–Crippen LogP) is 2.44. The number of hydrogen-bond acceptors (Lipinski definition) is 4. The Balaban J connectivity index is 1.90. The average Bonchev–Trinajstić information content (AvgIpc) is 2.55. The van der Waals surface area contributed by atoms with Crippen molar-refractivity contribution in [3.63, 3.8) is 0 Å². The SMILES string of the molecule is CCC(=O)N[C@@H]1CCCc2nc(-c3cccnc3)ncc21. The highest BCUT2D eigenvalue weighted by atomic mass is 16.1. The fourth-order valence-electron chi connectivity index (χ4n) is 2.63. The highest BCUT2D eigenvalue weighted by Gasteiger charge is 2.23. The number of carbonyl (C=O) groups is 1. The first-order valence-electron chi connectivity index (χ1n) is 7.33. The Morgan fingerprint density at radius 1 is 1.43 bits per heavy atom. The molecule has 2 heterocycles. The van der Waals surface area contributed by atoms with Gasteiger partial charge in [-0.25, -0.2) is 9.97 Å². The van der Waals surface area contributed by atoms with Crippen molar-refractivity contribution in [1.82, 2.24) is 20.3 Å². The van der Waals surface area contributed by atoms with Gasteiger partial charge in [0.15, 0.2) is 5.82 Å². The van der Waals surface area contributed by atoms with Gasteiger partial charge in [0.25, 0.3) is 0 Å². The molecule has 2 aromatic heterocycles. The van der Waals surface area contributed by atoms with Crippen molar-refractivity contribution in [1.29, 1.82) is 0 Å². The first-order chi connectivity index (χ1) is 10.3. The van der Waals surface area contributed by atoms with E-state index in [2.05, 4.69) is 20.3 Å². The van der Waals surface area contributed by atoms with Crippen LogP contribution < -0.4 is 5.32 Å². The van der Waals surface area contributed by atoms with Gasteiger partial charge in [0.05, 0.1) is 6.04 Å². The molecule has 0 fully saturated rings. The Hall–Kier alpha value is -2.30. The molecule has 0 aromatic carbocycles. The standard InChI is InChI=1S/C16H18N4O/c1-2-15(21)19-13-6-3-7-14-12(13)10-18-16(20-14)11-5-4-8-17-9-11/h4-5,8-10,13H,2-3,6-7H2,1H3,(H,19,21)/t13-/m1/s1. The summed E-state index contributed by atoms with van der Waals surface area (Å²) in [6.45, 7) is 1.86. The third kappa shape index (κ3) is 2.91. The van der Waals surface area contributed by atoms with Gasteiger partial charge >= 0.3 is 0 Å². The number of nitrogens with zero attached hydrogens (tertiary/aromatic N) is 3. The molecule has 21 heavy (non-hydrogen) atoms. The lowest BCUT2D eigenvalue weighted by Crippen LogP contribution is -2.30. The van der Waals surface area contributed by atoms with Gasteiger partial charge < -0.3 is 5.32 Å². The molecule has 2 aromatic rings. The Labute approximate surface area is 123 Å². The first kappa shape index (κ1) is 13.7. The Bertz CT molecular complexity index is 642. The summed E-state index contributed by atoms with van der Waals surface area (Å²) in [5.74, 6) is 0.772. The second kappa shape index (κ2) is 5.99. The normalized spacial score (nSPS) is 17.1. The van der Waals surface area contributed by atoms with Crippen LogP contribution in [0.2, 0.25) is 0 Å². The van der Waals surface area contributed by atoms with E-state index in [-0.39, 0.29) is 11.9 Å². The third-order valence-electron chi connectivity index (χ3n) is 3.76. The van der Waals surface area contributed by atoms with E-state index in [4.69, 9.17) is 0 Å². The second-order valence-electron chi connectivity index (χ2n) is 5.20. The van der Waals surface area contributed by atoms with Crippen molar-refractivity contribution in [3.8, 4) is 11.4 Å². The van der Waals surface area contributed by atoms with Crippen LogP contribution in [0.25, 0.3) is 11.4 Å². The van der Waals surface area contributed by atoms with Crippen molar-refractivity contribution < 1.29 is 4.79 Å². The lowest BCUT2D eigenvalue weighted by Gasteiger charge is -2.25. The van der Waals surface area contributed by atoms with E-state index in [9.17, 15) is 4.79 Å². The fourth-order valence-corrected chi connectivity index (χ4v) is 2.63. The summed E-state index contributed by atoms with van der Waals surface area (Å²) in [5, 5.41) is 3.05. The van der Waals surface area contributed by atoms with Gasteiger partial charge in [0, 0.05) is 41.8 Å². The van der Waals surface area contributed by atoms with Crippen LogP contribution in [-0.4, -0.2) is 20.9 Å². The van der Waals surface area contributed by atoms with E-state index in [0.717, 1.165) is 36.1 Å². The van der Waals surface area contributed by atoms with Crippen LogP contribution in [0.15, 0.2) is 30.7 Å². The summed E-state index contributed by atoms with van der Waals surface area (Å²) in [6.07, 6.45) is 8.77. The molecule has 0 saturated heterocycles. The van der Waals surface area contributed by atoms with Crippen LogP contribution in [0.3, 0.4) is 0 Å². The molecule has 1 N–H and O–H groups in total. The smallest absolute Gasteiger partial charge is 0.220 e. The molecule has 5 nitrogen and oxygen atoms in total. The summed E-state index contributed by atoms with van der Waals surface area (Å²) in [5.41, 5.74) is 3.01. The molecule has 0 unspecified atom stereocenters. The third-order valence-corrected chi connectivity index (χ3v) is 3.76. The molecule has 5 heteroatoms. The number of aromatic nitrogens is 3. The van der Waals surface area contributed by atoms with E-state index in [1.807, 2.05) is 25.3 Å². The molecule has 108 valence electrons. The van der Waals surface area contributed by atoms with Crippen molar-refractivity contribution in [3.05, 3.63) is 42.0 Å². The number of aryl methyl sites for hydroxylation is 1. The summed E-state index contributed by atoms with van der Waals surface area (Å²) >= 11 is 0. The van der Waals surface area contributed by atoms with E-state index in [0.29, 0.717) is 12.2 Å². The zero-order valence-corrected chi connectivity index (χ0v) is 12.0. The van der Waals surface area contributed by atoms with Gasteiger partial charge in [0.1, 0.15) is 0 Å². The largest absolute Gasteiger partial charge is 0.349 e. The molecule has 1 aliphatic carbocycles. The molecular weight excluding hydrogens is 264 g/mol. The maximum Gasteiger partial charge on any atom is 0.220 e. The van der Waals surface area contributed by atoms with Crippen LogP contribution in [0, 0.1) is 0 Å². The van der Waals surface area contributed by atoms with Crippen molar-refractivity contribution in [2.45, 2.75) is 38.6 Å². The van der Waals surface area contributed by atoms with Gasteiger partial charge in [-0.05, 0) is 31.4 Å². The molecule has 1 aliphatic rings. The molecule has 3 rings (SSSR count). The van der Waals surface area contributed by atoms with E-state index >= 15 is 0 Å². The molecule has 0 radical (unpaired) electrons. The maximum atomic E-state index is 11.6. The topological polar surface area (TPSA) is 67.8 Å². The van der Waals surface area contributed by atoms with E-state index in [1.165, 1.54) is 0 Å². The van der Waals surface area contributed by atoms with Crippen LogP contribution in [-0.2, 0) is 11.2 Å². The van der Waals surface area contributed by atoms with Gasteiger partial charge in [-0.1, -0.05) is 6.92 Å². The van der Waals surface area contributed by atoms with Crippen LogP contribution in [0.4, 0.5) is 0 Å². The minimum absolute atomic E-state index is 0.0455. The summed E-state index contributed by atoms with van der Waals surface area (Å²) in [6, 6.07) is 3.88. The quantitative estimate of drug-likeness (QED) is 0.939. The summed E-state index contributed by atoms with van der Waals surface area (Å²) in [4.78, 5) is 24.8. The number of hydrogen-bond donors (Lipinski definition) is 1. The predicted molar refractivity (Wildman–Crippen MR) is 79.4 cm³/mol. The first-order valence-corrected chi connectivity index (χ1v) is 7.33. The van der Waals surface area contributed by atoms with E-state index in [1.54, 1.807) is 12.4 Å². The number of rotatable bonds is 3. The van der Waals surface area contributed by atoms with Gasteiger partial charge in [0.2, 0.25) is 5.91 Å². The van der Waals surface area contributed by atoms with Gasteiger partial charge in [-0.15, -0.1) is 0 Å². The number of fused-ring (bicyclic) bond motifs is 1. The molecule has 0 spiro atoms.